The van der Waals surface area contributed by atoms with E-state index in [0.717, 1.165) is 37.9 Å². The van der Waals surface area contributed by atoms with Crippen molar-refractivity contribution in [2.45, 2.75) is 33.1 Å². The summed E-state index contributed by atoms with van der Waals surface area (Å²) in [7, 11) is 0. The average molecular weight is 393 g/mol. The van der Waals surface area contributed by atoms with E-state index in [1.165, 1.54) is 5.56 Å². The monoisotopic (exact) mass is 393 g/mol. The molecule has 6 nitrogen and oxygen atoms in total. The molecule has 29 heavy (non-hydrogen) atoms. The molecule has 3 rings (SSSR count). The molecule has 1 fully saturated rings. The molecule has 2 amide bonds. The molecule has 1 aliphatic heterocycles. The number of amides is 2. The van der Waals surface area contributed by atoms with Gasteiger partial charge in [-0.1, -0.05) is 19.1 Å². The fourth-order valence-electron chi connectivity index (χ4n) is 3.15. The number of aryl methyl sites for hydroxylation is 1. The lowest BCUT2D eigenvalue weighted by molar-refractivity contribution is -0.132. The van der Waals surface area contributed by atoms with Gasteiger partial charge >= 0.3 is 0 Å². The van der Waals surface area contributed by atoms with Gasteiger partial charge in [0.25, 0.3) is 11.8 Å². The average Bonchev–Trinajstić information content (AvgIpc) is 3.31. The number of rotatable bonds is 7. The number of ether oxygens (including phenoxy) is 1. The Balaban J connectivity index is 1.52. The molecule has 2 aromatic carbocycles. The molecule has 152 valence electrons. The third kappa shape index (κ3) is 5.67. The van der Waals surface area contributed by atoms with Crippen molar-refractivity contribution in [2.75, 3.05) is 19.7 Å². The van der Waals surface area contributed by atoms with Crippen LogP contribution in [0.25, 0.3) is 0 Å². The Labute approximate surface area is 171 Å². The van der Waals surface area contributed by atoms with E-state index in [1.807, 2.05) is 36.1 Å². The third-order valence-electron chi connectivity index (χ3n) is 5.04. The molecule has 6 heteroatoms. The maximum absolute atomic E-state index is 12.2. The van der Waals surface area contributed by atoms with Gasteiger partial charge < -0.3 is 9.64 Å². The van der Waals surface area contributed by atoms with E-state index in [9.17, 15) is 9.59 Å². The molecule has 0 aromatic heterocycles. The van der Waals surface area contributed by atoms with Crippen molar-refractivity contribution >= 4 is 17.5 Å². The highest BCUT2D eigenvalue weighted by Gasteiger charge is 2.18. The van der Waals surface area contributed by atoms with Crippen molar-refractivity contribution in [3.63, 3.8) is 0 Å². The number of likely N-dealkylation sites (tertiary alicyclic amines) is 1. The first-order valence-corrected chi connectivity index (χ1v) is 10.0. The second-order valence-corrected chi connectivity index (χ2v) is 7.09. The summed E-state index contributed by atoms with van der Waals surface area (Å²) < 4.78 is 5.59. The molecule has 2 aromatic rings. The van der Waals surface area contributed by atoms with Crippen LogP contribution in [-0.2, 0) is 11.2 Å². The lowest BCUT2D eigenvalue weighted by Gasteiger charge is -2.15. The summed E-state index contributed by atoms with van der Waals surface area (Å²) in [5.74, 6) is 0.417. The van der Waals surface area contributed by atoms with Crippen LogP contribution in [0.1, 0.15) is 48.2 Å². The topological polar surface area (TPSA) is 71.0 Å². The van der Waals surface area contributed by atoms with Gasteiger partial charge in [0.05, 0.1) is 5.71 Å². The quantitative estimate of drug-likeness (QED) is 0.579. The second-order valence-electron chi connectivity index (χ2n) is 7.09. The van der Waals surface area contributed by atoms with Crippen LogP contribution in [0.3, 0.4) is 0 Å². The summed E-state index contributed by atoms with van der Waals surface area (Å²) in [6.45, 7) is 5.60. The van der Waals surface area contributed by atoms with E-state index in [-0.39, 0.29) is 18.4 Å². The molecule has 0 atom stereocenters. The molecule has 1 aliphatic rings. The molecule has 0 saturated carbocycles. The summed E-state index contributed by atoms with van der Waals surface area (Å²) in [4.78, 5) is 26.1. The van der Waals surface area contributed by atoms with Crippen LogP contribution in [0.4, 0.5) is 0 Å². The zero-order valence-electron chi connectivity index (χ0n) is 17.0. The molecule has 1 N–H and O–H groups in total. The van der Waals surface area contributed by atoms with E-state index < -0.39 is 0 Å². The van der Waals surface area contributed by atoms with E-state index in [0.29, 0.717) is 17.0 Å². The first-order valence-electron chi connectivity index (χ1n) is 10.0. The van der Waals surface area contributed by atoms with Crippen molar-refractivity contribution in [3.8, 4) is 5.75 Å². The third-order valence-corrected chi connectivity index (χ3v) is 5.04. The minimum Gasteiger partial charge on any atom is -0.484 e. The second kappa shape index (κ2) is 9.87. The van der Waals surface area contributed by atoms with Crippen LogP contribution >= 0.6 is 0 Å². The van der Waals surface area contributed by atoms with Crippen LogP contribution < -0.4 is 10.2 Å². The normalized spacial score (nSPS) is 14.0. The largest absolute Gasteiger partial charge is 0.484 e. The highest BCUT2D eigenvalue weighted by molar-refractivity contribution is 6.00. The molecule has 0 spiro atoms. The van der Waals surface area contributed by atoms with E-state index in [1.54, 1.807) is 24.3 Å². The zero-order valence-corrected chi connectivity index (χ0v) is 17.0. The Kier molecular flexibility index (Phi) is 7.00. The SMILES string of the molecule is CCc1ccc(C(=O)N/N=C(/C)c2ccc(OCC(=O)N3CCCC3)cc2)cc1. The number of nitrogens with one attached hydrogen (secondary N) is 1. The summed E-state index contributed by atoms with van der Waals surface area (Å²) >= 11 is 0. The molecule has 0 bridgehead atoms. The minimum atomic E-state index is -0.243. The standard InChI is InChI=1S/C23H27N3O3/c1-3-18-6-8-20(9-7-18)23(28)25-24-17(2)19-10-12-21(13-11-19)29-16-22(27)26-14-4-5-15-26/h6-13H,3-5,14-16H2,1-2H3,(H,25,28)/b24-17-. The zero-order chi connectivity index (χ0) is 20.6. The fourth-order valence-corrected chi connectivity index (χ4v) is 3.15. The highest BCUT2D eigenvalue weighted by Crippen LogP contribution is 2.14. The summed E-state index contributed by atoms with van der Waals surface area (Å²) in [6, 6.07) is 14.8. The number of hydrogen-bond donors (Lipinski definition) is 1. The number of carbonyl (C=O) groups is 2. The first-order chi connectivity index (χ1) is 14.1. The van der Waals surface area contributed by atoms with Gasteiger partial charge in [0, 0.05) is 18.7 Å². The van der Waals surface area contributed by atoms with Gasteiger partial charge in [-0.2, -0.15) is 5.10 Å². The maximum Gasteiger partial charge on any atom is 0.271 e. The Morgan fingerprint density at radius 2 is 1.62 bits per heavy atom. The molecular weight excluding hydrogens is 366 g/mol. The van der Waals surface area contributed by atoms with Crippen LogP contribution in [-0.4, -0.2) is 42.1 Å². The smallest absolute Gasteiger partial charge is 0.271 e. The molecule has 0 radical (unpaired) electrons. The van der Waals surface area contributed by atoms with Crippen molar-refractivity contribution in [1.29, 1.82) is 0 Å². The predicted molar refractivity (Wildman–Crippen MR) is 113 cm³/mol. The molecule has 0 aliphatic carbocycles. The van der Waals surface area contributed by atoms with Gasteiger partial charge in [0.2, 0.25) is 0 Å². The van der Waals surface area contributed by atoms with Gasteiger partial charge in [-0.05, 0) is 73.7 Å². The number of hydrogen-bond acceptors (Lipinski definition) is 4. The highest BCUT2D eigenvalue weighted by atomic mass is 16.5. The number of benzene rings is 2. The van der Waals surface area contributed by atoms with Gasteiger partial charge in [0.15, 0.2) is 6.61 Å². The van der Waals surface area contributed by atoms with E-state index in [4.69, 9.17) is 4.74 Å². The predicted octanol–water partition coefficient (Wildman–Crippen LogP) is 3.40. The number of nitrogens with zero attached hydrogens (tertiary/aromatic N) is 2. The Hall–Kier alpha value is -3.15. The summed E-state index contributed by atoms with van der Waals surface area (Å²) in [6.07, 6.45) is 3.07. The molecule has 1 heterocycles. The van der Waals surface area contributed by atoms with Gasteiger partial charge in [-0.3, -0.25) is 9.59 Å². The fraction of sp³-hybridized carbons (Fsp3) is 0.348. The van der Waals surface area contributed by atoms with Crippen LogP contribution in [0.5, 0.6) is 5.75 Å². The van der Waals surface area contributed by atoms with Crippen molar-refractivity contribution < 1.29 is 14.3 Å². The molecule has 0 unspecified atom stereocenters. The maximum atomic E-state index is 12.2. The van der Waals surface area contributed by atoms with E-state index in [2.05, 4.69) is 17.5 Å². The summed E-state index contributed by atoms with van der Waals surface area (Å²) in [5.41, 5.74) is 5.90. The number of hydrazone groups is 1. The Morgan fingerprint density at radius 3 is 2.24 bits per heavy atom. The lowest BCUT2D eigenvalue weighted by atomic mass is 10.1. The van der Waals surface area contributed by atoms with Crippen LogP contribution in [0.15, 0.2) is 53.6 Å². The van der Waals surface area contributed by atoms with Gasteiger partial charge in [0.1, 0.15) is 5.75 Å². The molecule has 1 saturated heterocycles. The van der Waals surface area contributed by atoms with Gasteiger partial charge in [-0.25, -0.2) is 5.43 Å². The van der Waals surface area contributed by atoms with Crippen molar-refractivity contribution in [3.05, 3.63) is 65.2 Å². The first kappa shape index (κ1) is 20.6. The van der Waals surface area contributed by atoms with Crippen LogP contribution in [0, 0.1) is 0 Å². The van der Waals surface area contributed by atoms with Crippen molar-refractivity contribution in [2.24, 2.45) is 5.10 Å². The lowest BCUT2D eigenvalue weighted by Crippen LogP contribution is -2.32. The summed E-state index contributed by atoms with van der Waals surface area (Å²) in [5, 5.41) is 4.18. The Morgan fingerprint density at radius 1 is 1.00 bits per heavy atom. The molecular formula is C23H27N3O3. The Bertz CT molecular complexity index is 867. The number of carbonyl (C=O) groups excluding carboxylic acids is 2. The van der Waals surface area contributed by atoms with Crippen LogP contribution in [0.2, 0.25) is 0 Å². The van der Waals surface area contributed by atoms with Gasteiger partial charge in [-0.15, -0.1) is 0 Å². The van der Waals surface area contributed by atoms with Crippen molar-refractivity contribution in [1.82, 2.24) is 10.3 Å². The minimum absolute atomic E-state index is 0.0269. The van der Waals surface area contributed by atoms with E-state index >= 15 is 0 Å².